The smallest absolute Gasteiger partial charge is 0.314 e. The van der Waals surface area contributed by atoms with Crippen LogP contribution in [0.1, 0.15) is 32.7 Å². The Morgan fingerprint density at radius 1 is 1.03 bits per heavy atom. The number of fused-ring (bicyclic) bond motifs is 1. The largest absolute Gasteiger partial charge is 0.496 e. The molecule has 0 spiro atoms. The Bertz CT molecular complexity index is 932. The molecule has 1 aliphatic heterocycles. The summed E-state index contributed by atoms with van der Waals surface area (Å²) in [4.78, 5) is 37.9. The number of halogens is 1. The van der Waals surface area contributed by atoms with Crippen LogP contribution < -0.4 is 15.4 Å². The fourth-order valence-electron chi connectivity index (χ4n) is 3.19. The highest BCUT2D eigenvalue weighted by Crippen LogP contribution is 2.26. The van der Waals surface area contributed by atoms with Gasteiger partial charge in [0.2, 0.25) is 0 Å². The number of hydrogen-bond donors (Lipinski definition) is 2. The van der Waals surface area contributed by atoms with Gasteiger partial charge in [-0.2, -0.15) is 0 Å². The molecule has 29 heavy (non-hydrogen) atoms. The van der Waals surface area contributed by atoms with Crippen molar-refractivity contribution in [2.45, 2.75) is 12.8 Å². The number of carbonyl (C=O) groups excluding carboxylic acids is 3. The van der Waals surface area contributed by atoms with Gasteiger partial charge in [-0.3, -0.25) is 14.5 Å². The van der Waals surface area contributed by atoms with Crippen molar-refractivity contribution in [2.75, 3.05) is 26.7 Å². The predicted octanol–water partition coefficient (Wildman–Crippen LogP) is 2.99. The summed E-state index contributed by atoms with van der Waals surface area (Å²) in [6, 6.07) is 12.4. The second-order valence-electron chi connectivity index (χ2n) is 6.55. The van der Waals surface area contributed by atoms with Gasteiger partial charge in [-0.25, -0.2) is 4.79 Å². The molecule has 0 bridgehead atoms. The summed E-state index contributed by atoms with van der Waals surface area (Å²) < 4.78 is 6.04. The molecule has 4 amide bonds. The van der Waals surface area contributed by atoms with Gasteiger partial charge in [0.1, 0.15) is 5.75 Å². The van der Waals surface area contributed by atoms with Crippen molar-refractivity contribution in [1.82, 2.24) is 15.5 Å². The van der Waals surface area contributed by atoms with Crippen molar-refractivity contribution in [2.24, 2.45) is 0 Å². The quantitative estimate of drug-likeness (QED) is 0.469. The lowest BCUT2D eigenvalue weighted by Crippen LogP contribution is -2.38. The number of nitrogens with zero attached hydrogens (tertiary/aromatic N) is 1. The number of benzene rings is 2. The number of carbonyl (C=O) groups is 3. The number of nitrogens with one attached hydrogen (secondary N) is 2. The average molecular weight is 460 g/mol. The summed E-state index contributed by atoms with van der Waals surface area (Å²) in [5.74, 6) is 0.203. The molecule has 0 fully saturated rings. The molecule has 1 aliphatic rings. The monoisotopic (exact) mass is 459 g/mol. The van der Waals surface area contributed by atoms with Gasteiger partial charge in [0.05, 0.1) is 18.2 Å². The normalized spacial score (nSPS) is 12.7. The molecule has 2 aromatic rings. The fourth-order valence-corrected chi connectivity index (χ4v) is 3.55. The van der Waals surface area contributed by atoms with Crippen molar-refractivity contribution < 1.29 is 19.1 Å². The lowest BCUT2D eigenvalue weighted by molar-refractivity contribution is 0.0653. The molecule has 0 unspecified atom stereocenters. The molecular weight excluding hydrogens is 438 g/mol. The second-order valence-corrected chi connectivity index (χ2v) is 7.47. The molecular formula is C21H22BrN3O4. The summed E-state index contributed by atoms with van der Waals surface area (Å²) in [6.07, 6.45) is 1.13. The predicted molar refractivity (Wildman–Crippen MR) is 112 cm³/mol. The SMILES string of the molecule is COc1ccccc1CCNC(=O)NCCCN1C(=O)c2ccc(Br)cc2C1=O. The van der Waals surface area contributed by atoms with Gasteiger partial charge in [-0.15, -0.1) is 0 Å². The number of imide groups is 1. The molecule has 3 rings (SSSR count). The van der Waals surface area contributed by atoms with Crippen LogP contribution in [-0.4, -0.2) is 49.5 Å². The van der Waals surface area contributed by atoms with Gasteiger partial charge < -0.3 is 15.4 Å². The van der Waals surface area contributed by atoms with Gasteiger partial charge in [0.15, 0.2) is 0 Å². The Kier molecular flexibility index (Phi) is 6.87. The van der Waals surface area contributed by atoms with E-state index in [1.165, 1.54) is 4.90 Å². The number of amides is 4. The van der Waals surface area contributed by atoms with Crippen LogP contribution in [0.3, 0.4) is 0 Å². The zero-order chi connectivity index (χ0) is 20.8. The highest BCUT2D eigenvalue weighted by molar-refractivity contribution is 9.10. The van der Waals surface area contributed by atoms with E-state index in [1.807, 2.05) is 24.3 Å². The molecule has 0 aliphatic carbocycles. The van der Waals surface area contributed by atoms with Crippen molar-refractivity contribution >= 4 is 33.8 Å². The molecule has 0 atom stereocenters. The number of urea groups is 1. The maximum absolute atomic E-state index is 12.4. The summed E-state index contributed by atoms with van der Waals surface area (Å²) in [7, 11) is 1.62. The van der Waals surface area contributed by atoms with Crippen molar-refractivity contribution in [3.05, 3.63) is 63.6 Å². The number of rotatable bonds is 8. The van der Waals surface area contributed by atoms with E-state index < -0.39 is 0 Å². The maximum Gasteiger partial charge on any atom is 0.314 e. The molecule has 1 heterocycles. The van der Waals surface area contributed by atoms with Crippen LogP contribution in [0.25, 0.3) is 0 Å². The highest BCUT2D eigenvalue weighted by Gasteiger charge is 2.34. The molecule has 7 nitrogen and oxygen atoms in total. The summed E-state index contributed by atoms with van der Waals surface area (Å²) in [5.41, 5.74) is 1.85. The van der Waals surface area contributed by atoms with Crippen molar-refractivity contribution in [3.63, 3.8) is 0 Å². The van der Waals surface area contributed by atoms with Gasteiger partial charge in [-0.1, -0.05) is 34.1 Å². The summed E-state index contributed by atoms with van der Waals surface area (Å²) in [6.45, 7) is 1.09. The molecule has 0 saturated heterocycles. The molecule has 8 heteroatoms. The topological polar surface area (TPSA) is 87.7 Å². The Morgan fingerprint density at radius 2 is 1.76 bits per heavy atom. The van der Waals surface area contributed by atoms with E-state index in [4.69, 9.17) is 4.74 Å². The van der Waals surface area contributed by atoms with Crippen molar-refractivity contribution in [1.29, 1.82) is 0 Å². The van der Waals surface area contributed by atoms with Crippen LogP contribution in [0, 0.1) is 0 Å². The molecule has 0 radical (unpaired) electrons. The van der Waals surface area contributed by atoms with Gasteiger partial charge in [0, 0.05) is 24.1 Å². The molecule has 0 aromatic heterocycles. The minimum atomic E-state index is -0.299. The zero-order valence-electron chi connectivity index (χ0n) is 16.0. The maximum atomic E-state index is 12.4. The Labute approximate surface area is 177 Å². The Morgan fingerprint density at radius 3 is 2.55 bits per heavy atom. The summed E-state index contributed by atoms with van der Waals surface area (Å²) in [5, 5.41) is 5.53. The van der Waals surface area contributed by atoms with Crippen LogP contribution in [-0.2, 0) is 6.42 Å². The van der Waals surface area contributed by atoms with Crippen LogP contribution in [0.2, 0.25) is 0 Å². The summed E-state index contributed by atoms with van der Waals surface area (Å²) >= 11 is 3.31. The first-order chi connectivity index (χ1) is 14.0. The van der Waals surface area contributed by atoms with Crippen LogP contribution in [0.4, 0.5) is 4.79 Å². The average Bonchev–Trinajstić information content (AvgIpc) is 2.95. The van der Waals surface area contributed by atoms with E-state index in [2.05, 4.69) is 26.6 Å². The number of ether oxygens (including phenoxy) is 1. The first-order valence-electron chi connectivity index (χ1n) is 9.30. The molecule has 2 aromatic carbocycles. The van der Waals surface area contributed by atoms with Crippen LogP contribution >= 0.6 is 15.9 Å². The lowest BCUT2D eigenvalue weighted by Gasteiger charge is -2.14. The molecule has 152 valence electrons. The van der Waals surface area contributed by atoms with E-state index >= 15 is 0 Å². The minimum absolute atomic E-state index is 0.255. The van der Waals surface area contributed by atoms with E-state index in [0.717, 1.165) is 15.8 Å². The van der Waals surface area contributed by atoms with E-state index in [1.54, 1.807) is 25.3 Å². The zero-order valence-corrected chi connectivity index (χ0v) is 17.6. The van der Waals surface area contributed by atoms with Crippen LogP contribution in [0.15, 0.2) is 46.9 Å². The second kappa shape index (κ2) is 9.56. The van der Waals surface area contributed by atoms with Gasteiger partial charge in [-0.05, 0) is 42.7 Å². The van der Waals surface area contributed by atoms with E-state index in [0.29, 0.717) is 37.1 Å². The molecule has 2 N–H and O–H groups in total. The number of methoxy groups -OCH3 is 1. The molecule has 0 saturated carbocycles. The van der Waals surface area contributed by atoms with E-state index in [9.17, 15) is 14.4 Å². The minimum Gasteiger partial charge on any atom is -0.496 e. The standard InChI is InChI=1S/C21H22BrN3O4/c1-29-18-6-3-2-5-14(18)9-11-24-21(28)23-10-4-12-25-19(26)16-8-7-15(22)13-17(16)20(25)27/h2-3,5-8,13H,4,9-12H2,1H3,(H2,23,24,28). The Hall–Kier alpha value is -2.87. The van der Waals surface area contributed by atoms with Gasteiger partial charge >= 0.3 is 6.03 Å². The first-order valence-corrected chi connectivity index (χ1v) is 10.1. The van der Waals surface area contributed by atoms with E-state index in [-0.39, 0.29) is 24.4 Å². The lowest BCUT2D eigenvalue weighted by atomic mass is 10.1. The third-order valence-electron chi connectivity index (χ3n) is 4.65. The third kappa shape index (κ3) is 4.95. The van der Waals surface area contributed by atoms with Gasteiger partial charge in [0.25, 0.3) is 11.8 Å². The third-order valence-corrected chi connectivity index (χ3v) is 5.14. The first kappa shape index (κ1) is 20.9. The highest BCUT2D eigenvalue weighted by atomic mass is 79.9. The fraction of sp³-hybridized carbons (Fsp3) is 0.286. The Balaban J connectivity index is 1.38. The van der Waals surface area contributed by atoms with Crippen LogP contribution in [0.5, 0.6) is 5.75 Å². The number of para-hydroxylation sites is 1. The number of hydrogen-bond acceptors (Lipinski definition) is 4. The van der Waals surface area contributed by atoms with Crippen molar-refractivity contribution in [3.8, 4) is 5.75 Å².